The van der Waals surface area contributed by atoms with Crippen molar-refractivity contribution in [2.45, 2.75) is 12.2 Å². The summed E-state index contributed by atoms with van der Waals surface area (Å²) in [7, 11) is 1.66. The van der Waals surface area contributed by atoms with Gasteiger partial charge in [-0.25, -0.2) is 4.79 Å². The molecule has 6 nitrogen and oxygen atoms in total. The molecule has 1 fully saturated rings. The zero-order valence-electron chi connectivity index (χ0n) is 8.99. The summed E-state index contributed by atoms with van der Waals surface area (Å²) in [4.78, 5) is 11.1. The second kappa shape index (κ2) is 3.21. The third-order valence-electron chi connectivity index (χ3n) is 2.91. The number of hydrogen-bond donors (Lipinski definition) is 2. The van der Waals surface area contributed by atoms with E-state index >= 15 is 0 Å². The first kappa shape index (κ1) is 10.1. The molecule has 2 N–H and O–H groups in total. The molecular weight excluding hydrogens is 224 g/mol. The number of aliphatic hydroxyl groups is 1. The monoisotopic (exact) mass is 234 g/mol. The SMILES string of the molecule is Cn1ncc(C(=O)O)c1C1=CC(O)=C[C@@H]2O[C@H]12. The van der Waals surface area contributed by atoms with Gasteiger partial charge in [0.05, 0.1) is 11.9 Å². The van der Waals surface area contributed by atoms with Gasteiger partial charge in [0.15, 0.2) is 0 Å². The molecule has 0 unspecified atom stereocenters. The molecular formula is C11H10N2O4. The van der Waals surface area contributed by atoms with E-state index in [4.69, 9.17) is 9.84 Å². The second-order valence-corrected chi connectivity index (χ2v) is 4.05. The Kier molecular flexibility index (Phi) is 1.90. The van der Waals surface area contributed by atoms with E-state index in [2.05, 4.69) is 5.10 Å². The Bertz CT molecular complexity index is 570. The maximum absolute atomic E-state index is 11.1. The first-order valence-electron chi connectivity index (χ1n) is 5.11. The van der Waals surface area contributed by atoms with Gasteiger partial charge in [-0.05, 0) is 12.2 Å². The van der Waals surface area contributed by atoms with Gasteiger partial charge >= 0.3 is 5.97 Å². The Hall–Kier alpha value is -2.08. The van der Waals surface area contributed by atoms with E-state index in [1.54, 1.807) is 13.1 Å². The first-order valence-corrected chi connectivity index (χ1v) is 5.11. The van der Waals surface area contributed by atoms with E-state index in [-0.39, 0.29) is 23.5 Å². The minimum atomic E-state index is -1.04. The van der Waals surface area contributed by atoms with Crippen molar-refractivity contribution in [2.75, 3.05) is 0 Å². The lowest BCUT2D eigenvalue weighted by molar-refractivity contribution is 0.0696. The van der Waals surface area contributed by atoms with Crippen LogP contribution in [0.25, 0.3) is 5.57 Å². The molecule has 1 aliphatic heterocycles. The number of carboxylic acid groups (broad SMARTS) is 1. The number of rotatable bonds is 2. The highest BCUT2D eigenvalue weighted by Crippen LogP contribution is 2.41. The molecule has 1 saturated heterocycles. The number of aryl methyl sites for hydroxylation is 1. The molecule has 88 valence electrons. The number of aromatic carboxylic acids is 1. The van der Waals surface area contributed by atoms with Crippen LogP contribution in [0.4, 0.5) is 0 Å². The lowest BCUT2D eigenvalue weighted by Gasteiger charge is -2.09. The van der Waals surface area contributed by atoms with E-state index in [1.165, 1.54) is 17.0 Å². The Morgan fingerprint density at radius 2 is 2.35 bits per heavy atom. The molecule has 0 bridgehead atoms. The number of ether oxygens (including phenoxy) is 1. The minimum Gasteiger partial charge on any atom is -0.508 e. The molecule has 0 amide bonds. The zero-order chi connectivity index (χ0) is 12.2. The van der Waals surface area contributed by atoms with Crippen LogP contribution in [0.15, 0.2) is 24.1 Å². The molecule has 2 aliphatic rings. The fourth-order valence-corrected chi connectivity index (χ4v) is 2.10. The Morgan fingerprint density at radius 3 is 3.06 bits per heavy atom. The fourth-order valence-electron chi connectivity index (χ4n) is 2.10. The Labute approximate surface area is 96.4 Å². The number of aliphatic hydroxyl groups excluding tert-OH is 1. The summed E-state index contributed by atoms with van der Waals surface area (Å²) in [5, 5.41) is 22.5. The van der Waals surface area contributed by atoms with Crippen molar-refractivity contribution >= 4 is 11.5 Å². The molecule has 3 rings (SSSR count). The minimum absolute atomic E-state index is 0.0938. The molecule has 17 heavy (non-hydrogen) atoms. The van der Waals surface area contributed by atoms with Gasteiger partial charge in [0.25, 0.3) is 0 Å². The number of hydrogen-bond acceptors (Lipinski definition) is 4. The van der Waals surface area contributed by atoms with E-state index in [1.807, 2.05) is 0 Å². The molecule has 6 heteroatoms. The van der Waals surface area contributed by atoms with Crippen molar-refractivity contribution < 1.29 is 19.7 Å². The largest absolute Gasteiger partial charge is 0.508 e. The number of allylic oxidation sites excluding steroid dienone is 1. The van der Waals surface area contributed by atoms with Crippen LogP contribution in [0.2, 0.25) is 0 Å². The van der Waals surface area contributed by atoms with Crippen molar-refractivity contribution in [1.29, 1.82) is 0 Å². The maximum Gasteiger partial charge on any atom is 0.339 e. The van der Waals surface area contributed by atoms with Crippen molar-refractivity contribution in [3.63, 3.8) is 0 Å². The van der Waals surface area contributed by atoms with Crippen LogP contribution in [-0.4, -0.2) is 38.2 Å². The van der Waals surface area contributed by atoms with Gasteiger partial charge in [0.1, 0.15) is 23.5 Å². The maximum atomic E-state index is 11.1. The van der Waals surface area contributed by atoms with Crippen LogP contribution >= 0.6 is 0 Å². The van der Waals surface area contributed by atoms with Crippen molar-refractivity contribution in [2.24, 2.45) is 7.05 Å². The Morgan fingerprint density at radius 1 is 1.59 bits per heavy atom. The molecule has 0 aromatic carbocycles. The van der Waals surface area contributed by atoms with Crippen molar-refractivity contribution in [3.05, 3.63) is 35.4 Å². The van der Waals surface area contributed by atoms with Gasteiger partial charge < -0.3 is 14.9 Å². The number of carbonyl (C=O) groups is 1. The quantitative estimate of drug-likeness (QED) is 0.736. The van der Waals surface area contributed by atoms with Crippen LogP contribution in [0.3, 0.4) is 0 Å². The highest BCUT2D eigenvalue weighted by atomic mass is 16.6. The lowest BCUT2D eigenvalue weighted by atomic mass is 9.98. The Balaban J connectivity index is 2.13. The molecule has 0 saturated carbocycles. The molecule has 1 aliphatic carbocycles. The summed E-state index contributed by atoms with van der Waals surface area (Å²) >= 11 is 0. The van der Waals surface area contributed by atoms with Gasteiger partial charge in [-0.15, -0.1) is 0 Å². The third-order valence-corrected chi connectivity index (χ3v) is 2.91. The smallest absolute Gasteiger partial charge is 0.339 e. The summed E-state index contributed by atoms with van der Waals surface area (Å²) in [6.07, 6.45) is 4.11. The van der Waals surface area contributed by atoms with Crippen LogP contribution in [-0.2, 0) is 11.8 Å². The van der Waals surface area contributed by atoms with Gasteiger partial charge in [-0.3, -0.25) is 4.68 Å². The molecule has 0 spiro atoms. The second-order valence-electron chi connectivity index (χ2n) is 4.05. The van der Waals surface area contributed by atoms with Gasteiger partial charge in [-0.2, -0.15) is 5.10 Å². The molecule has 2 heterocycles. The summed E-state index contributed by atoms with van der Waals surface area (Å²) < 4.78 is 6.81. The average Bonchev–Trinajstić information content (AvgIpc) is 2.91. The van der Waals surface area contributed by atoms with E-state index < -0.39 is 5.97 Å². The van der Waals surface area contributed by atoms with E-state index in [9.17, 15) is 9.90 Å². The van der Waals surface area contributed by atoms with Crippen LogP contribution in [0.1, 0.15) is 16.1 Å². The molecule has 1 aromatic rings. The topological polar surface area (TPSA) is 87.9 Å². The van der Waals surface area contributed by atoms with Crippen LogP contribution in [0, 0.1) is 0 Å². The third kappa shape index (κ3) is 1.45. The predicted octanol–water partition coefficient (Wildman–Crippen LogP) is 0.725. The number of carboxylic acids is 1. The van der Waals surface area contributed by atoms with Crippen LogP contribution < -0.4 is 0 Å². The summed E-state index contributed by atoms with van der Waals surface area (Å²) in [6, 6.07) is 0. The van der Waals surface area contributed by atoms with E-state index in [0.717, 1.165) is 0 Å². The zero-order valence-corrected chi connectivity index (χ0v) is 8.99. The van der Waals surface area contributed by atoms with Crippen LogP contribution in [0.5, 0.6) is 0 Å². The summed E-state index contributed by atoms with van der Waals surface area (Å²) in [5.74, 6) is -0.948. The summed E-state index contributed by atoms with van der Waals surface area (Å²) in [5.41, 5.74) is 1.25. The highest BCUT2D eigenvalue weighted by Gasteiger charge is 2.45. The average molecular weight is 234 g/mol. The van der Waals surface area contributed by atoms with Gasteiger partial charge in [0, 0.05) is 12.6 Å². The number of epoxide rings is 1. The number of nitrogens with zero attached hydrogens (tertiary/aromatic N) is 2. The van der Waals surface area contributed by atoms with Crippen molar-refractivity contribution in [3.8, 4) is 0 Å². The predicted molar refractivity (Wildman–Crippen MR) is 57.5 cm³/mol. The van der Waals surface area contributed by atoms with Gasteiger partial charge in [-0.1, -0.05) is 0 Å². The number of aromatic nitrogens is 2. The van der Waals surface area contributed by atoms with Gasteiger partial charge in [0.2, 0.25) is 0 Å². The summed E-state index contributed by atoms with van der Waals surface area (Å²) in [6.45, 7) is 0. The van der Waals surface area contributed by atoms with Crippen molar-refractivity contribution in [1.82, 2.24) is 9.78 Å². The number of fused-ring (bicyclic) bond motifs is 1. The fraction of sp³-hybridized carbons (Fsp3) is 0.273. The lowest BCUT2D eigenvalue weighted by Crippen LogP contribution is -2.10. The first-order chi connectivity index (χ1) is 8.08. The normalized spacial score (nSPS) is 25.9. The highest BCUT2D eigenvalue weighted by molar-refractivity contribution is 5.94. The van der Waals surface area contributed by atoms with E-state index in [0.29, 0.717) is 11.3 Å². The molecule has 2 atom stereocenters. The molecule has 1 aromatic heterocycles. The molecule has 0 radical (unpaired) electrons. The standard InChI is InChI=1S/C11H10N2O4/c1-13-9(7(4-12-13)11(15)16)6-2-5(14)3-8-10(6)17-8/h2-4,8,10,14H,1H3,(H,15,16)/t8-,10+/m0/s1.